The maximum Gasteiger partial charge on any atom is 0.321 e. The van der Waals surface area contributed by atoms with Crippen LogP contribution in [0.2, 0.25) is 0 Å². The van der Waals surface area contributed by atoms with Crippen LogP contribution in [-0.2, 0) is 9.59 Å². The van der Waals surface area contributed by atoms with Gasteiger partial charge in [-0.15, -0.1) is 0 Å². The maximum atomic E-state index is 12.5. The van der Waals surface area contributed by atoms with E-state index in [2.05, 4.69) is 10.6 Å². The monoisotopic (exact) mass is 390 g/mol. The molecule has 0 aromatic heterocycles. The Morgan fingerprint density at radius 2 is 1.57 bits per heavy atom. The average molecular weight is 391 g/mol. The Labute approximate surface area is 167 Å². The van der Waals surface area contributed by atoms with Gasteiger partial charge in [0, 0.05) is 38.1 Å². The minimum atomic E-state index is -0.329. The Balaban J connectivity index is 1.24. The third-order valence-electron chi connectivity index (χ3n) is 7.28. The van der Waals surface area contributed by atoms with Gasteiger partial charge in [0.05, 0.1) is 6.54 Å². The fourth-order valence-electron chi connectivity index (χ4n) is 6.51. The van der Waals surface area contributed by atoms with Crippen LogP contribution in [0.1, 0.15) is 58.3 Å². The molecule has 0 atom stereocenters. The molecule has 0 unspecified atom stereocenters. The van der Waals surface area contributed by atoms with Crippen molar-refractivity contribution < 1.29 is 14.4 Å². The first-order chi connectivity index (χ1) is 13.4. The van der Waals surface area contributed by atoms with E-state index < -0.39 is 0 Å². The summed E-state index contributed by atoms with van der Waals surface area (Å²) in [4.78, 5) is 40.7. The maximum absolute atomic E-state index is 12.5. The van der Waals surface area contributed by atoms with Crippen LogP contribution < -0.4 is 10.6 Å². The quantitative estimate of drug-likeness (QED) is 0.766. The number of hydrogen-bond donors (Lipinski definition) is 2. The topological polar surface area (TPSA) is 81.8 Å². The highest BCUT2D eigenvalue weighted by Crippen LogP contribution is 2.55. The number of carbonyl (C=O) groups excluding carboxylic acids is 3. The molecule has 4 bridgehead atoms. The highest BCUT2D eigenvalue weighted by atomic mass is 16.2. The molecule has 4 aliphatic carbocycles. The van der Waals surface area contributed by atoms with E-state index >= 15 is 0 Å². The summed E-state index contributed by atoms with van der Waals surface area (Å²) in [6.07, 6.45) is 8.59. The number of imide groups is 1. The lowest BCUT2D eigenvalue weighted by atomic mass is 9.53. The average Bonchev–Trinajstić information content (AvgIpc) is 2.84. The molecule has 4 amide bonds. The van der Waals surface area contributed by atoms with Crippen LogP contribution in [0.25, 0.3) is 0 Å². The van der Waals surface area contributed by atoms with Crippen molar-refractivity contribution in [3.8, 4) is 0 Å². The van der Waals surface area contributed by atoms with Crippen molar-refractivity contribution in [3.63, 3.8) is 0 Å². The van der Waals surface area contributed by atoms with Crippen LogP contribution in [0.4, 0.5) is 4.79 Å². The van der Waals surface area contributed by atoms with Crippen molar-refractivity contribution in [2.45, 2.75) is 63.8 Å². The van der Waals surface area contributed by atoms with Gasteiger partial charge in [-0.2, -0.15) is 0 Å². The summed E-state index contributed by atoms with van der Waals surface area (Å²) in [5, 5.41) is 5.75. The Hall–Kier alpha value is -1.63. The SMILES string of the molecule is CCC(=O)N1CCCN(CC(=O)NC(=O)NC23CC4CC(CC(C4)C2)C3)CC1. The summed E-state index contributed by atoms with van der Waals surface area (Å²) < 4.78 is 0. The molecule has 7 heteroatoms. The van der Waals surface area contributed by atoms with Gasteiger partial charge in [0.1, 0.15) is 0 Å². The third kappa shape index (κ3) is 4.34. The zero-order chi connectivity index (χ0) is 19.7. The van der Waals surface area contributed by atoms with Crippen molar-refractivity contribution in [2.24, 2.45) is 17.8 Å². The molecule has 4 saturated carbocycles. The molecule has 0 spiro atoms. The predicted octanol–water partition coefficient (Wildman–Crippen LogP) is 1.73. The first-order valence-corrected chi connectivity index (χ1v) is 11.1. The molecular formula is C21H34N4O3. The van der Waals surface area contributed by atoms with E-state index in [1.807, 2.05) is 16.7 Å². The largest absolute Gasteiger partial charge is 0.341 e. The first kappa shape index (κ1) is 19.7. The van der Waals surface area contributed by atoms with Crippen LogP contribution in [0, 0.1) is 17.8 Å². The Bertz CT molecular complexity index is 600. The fraction of sp³-hybridized carbons (Fsp3) is 0.857. The molecule has 5 fully saturated rings. The number of nitrogens with zero attached hydrogens (tertiary/aromatic N) is 2. The lowest BCUT2D eigenvalue weighted by molar-refractivity contribution is -0.130. The van der Waals surface area contributed by atoms with Gasteiger partial charge in [0.15, 0.2) is 0 Å². The molecule has 1 heterocycles. The number of urea groups is 1. The molecule has 1 saturated heterocycles. The van der Waals surface area contributed by atoms with Gasteiger partial charge >= 0.3 is 6.03 Å². The Morgan fingerprint density at radius 3 is 2.18 bits per heavy atom. The van der Waals surface area contributed by atoms with E-state index in [9.17, 15) is 14.4 Å². The zero-order valence-corrected chi connectivity index (χ0v) is 17.0. The van der Waals surface area contributed by atoms with E-state index in [1.165, 1.54) is 19.3 Å². The molecule has 28 heavy (non-hydrogen) atoms. The van der Waals surface area contributed by atoms with E-state index in [4.69, 9.17) is 0 Å². The predicted molar refractivity (Wildman–Crippen MR) is 106 cm³/mol. The number of rotatable bonds is 4. The highest BCUT2D eigenvalue weighted by Gasteiger charge is 2.51. The van der Waals surface area contributed by atoms with Gasteiger partial charge in [0.2, 0.25) is 11.8 Å². The second kappa shape index (κ2) is 8.01. The number of nitrogens with one attached hydrogen (secondary N) is 2. The third-order valence-corrected chi connectivity index (χ3v) is 7.28. The normalized spacial score (nSPS) is 34.8. The van der Waals surface area contributed by atoms with Crippen LogP contribution in [0.3, 0.4) is 0 Å². The lowest BCUT2D eigenvalue weighted by Crippen LogP contribution is -2.62. The fourth-order valence-corrected chi connectivity index (χ4v) is 6.51. The number of amides is 4. The van der Waals surface area contributed by atoms with Crippen molar-refractivity contribution in [1.29, 1.82) is 0 Å². The highest BCUT2D eigenvalue weighted by molar-refractivity contribution is 5.95. The Kier molecular flexibility index (Phi) is 5.63. The molecule has 0 aromatic carbocycles. The van der Waals surface area contributed by atoms with E-state index in [1.54, 1.807) is 0 Å². The van der Waals surface area contributed by atoms with Gasteiger partial charge in [-0.1, -0.05) is 6.92 Å². The van der Waals surface area contributed by atoms with Gasteiger partial charge in [-0.3, -0.25) is 19.8 Å². The van der Waals surface area contributed by atoms with Gasteiger partial charge in [0.25, 0.3) is 0 Å². The Morgan fingerprint density at radius 1 is 0.929 bits per heavy atom. The summed E-state index contributed by atoms with van der Waals surface area (Å²) in [6.45, 7) is 4.94. The summed E-state index contributed by atoms with van der Waals surface area (Å²) in [7, 11) is 0. The molecule has 5 aliphatic rings. The van der Waals surface area contributed by atoms with Crippen LogP contribution in [-0.4, -0.2) is 65.9 Å². The second-order valence-corrected chi connectivity index (χ2v) is 9.56. The summed E-state index contributed by atoms with van der Waals surface area (Å²) in [5.41, 5.74) is -0.0806. The molecule has 5 rings (SSSR count). The van der Waals surface area contributed by atoms with Gasteiger partial charge in [-0.05, 0) is 62.7 Å². The lowest BCUT2D eigenvalue weighted by Gasteiger charge is -2.56. The minimum absolute atomic E-state index is 0.0806. The van der Waals surface area contributed by atoms with Crippen molar-refractivity contribution in [3.05, 3.63) is 0 Å². The molecular weight excluding hydrogens is 356 g/mol. The minimum Gasteiger partial charge on any atom is -0.341 e. The van der Waals surface area contributed by atoms with Crippen LogP contribution in [0.5, 0.6) is 0 Å². The molecule has 0 aromatic rings. The standard InChI is InChI=1S/C21H34N4O3/c1-2-19(27)25-5-3-4-24(6-7-25)14-18(26)22-20(28)23-21-11-15-8-16(12-21)10-17(9-15)13-21/h15-17H,2-14H2,1H3,(H2,22,23,26,28). The number of carbonyl (C=O) groups is 3. The first-order valence-electron chi connectivity index (χ1n) is 11.1. The van der Waals surface area contributed by atoms with Crippen molar-refractivity contribution in [1.82, 2.24) is 20.4 Å². The smallest absolute Gasteiger partial charge is 0.321 e. The van der Waals surface area contributed by atoms with E-state index in [0.29, 0.717) is 19.5 Å². The van der Waals surface area contributed by atoms with Crippen molar-refractivity contribution >= 4 is 17.8 Å². The van der Waals surface area contributed by atoms with Gasteiger partial charge < -0.3 is 10.2 Å². The molecule has 0 radical (unpaired) electrons. The number of hydrogen-bond acceptors (Lipinski definition) is 4. The molecule has 2 N–H and O–H groups in total. The van der Waals surface area contributed by atoms with E-state index in [-0.39, 0.29) is 29.9 Å². The van der Waals surface area contributed by atoms with Crippen LogP contribution in [0.15, 0.2) is 0 Å². The molecule has 1 aliphatic heterocycles. The summed E-state index contributed by atoms with van der Waals surface area (Å²) in [6, 6.07) is -0.329. The molecule has 7 nitrogen and oxygen atoms in total. The van der Waals surface area contributed by atoms with Crippen LogP contribution >= 0.6 is 0 Å². The molecule has 156 valence electrons. The van der Waals surface area contributed by atoms with Gasteiger partial charge in [-0.25, -0.2) is 4.79 Å². The summed E-state index contributed by atoms with van der Waals surface area (Å²) >= 11 is 0. The van der Waals surface area contributed by atoms with Crippen molar-refractivity contribution in [2.75, 3.05) is 32.7 Å². The zero-order valence-electron chi connectivity index (χ0n) is 17.0. The van der Waals surface area contributed by atoms with E-state index in [0.717, 1.165) is 56.5 Å². The summed E-state index contributed by atoms with van der Waals surface area (Å²) in [5.74, 6) is 2.19. The second-order valence-electron chi connectivity index (χ2n) is 9.56.